The van der Waals surface area contributed by atoms with Crippen LogP contribution < -0.4 is 5.32 Å². The zero-order chi connectivity index (χ0) is 21.0. The van der Waals surface area contributed by atoms with E-state index in [1.165, 1.54) is 58.5 Å². The molecule has 5 nitrogen and oxygen atoms in total. The van der Waals surface area contributed by atoms with Gasteiger partial charge in [-0.15, -0.1) is 0 Å². The Morgan fingerprint density at radius 2 is 1.77 bits per heavy atom. The molecule has 0 amide bonds. The molecule has 5 aliphatic rings. The average Bonchev–Trinajstić information content (AvgIpc) is 3.34. The Hall–Kier alpha value is -0.650. The lowest BCUT2D eigenvalue weighted by Crippen LogP contribution is -2.57. The third-order valence-corrected chi connectivity index (χ3v) is 10.5. The topological polar surface area (TPSA) is 56.8 Å². The molecule has 1 heterocycles. The molecule has 4 saturated carbocycles. The highest BCUT2D eigenvalue weighted by atomic mass is 16.7. The number of fused-ring (bicyclic) bond motifs is 6. The molecular formula is C25H41NO4. The van der Waals surface area contributed by atoms with Crippen molar-refractivity contribution in [1.29, 1.82) is 0 Å². The van der Waals surface area contributed by atoms with Crippen molar-refractivity contribution in [2.45, 2.75) is 77.4 Å². The third-order valence-electron chi connectivity index (χ3n) is 10.5. The summed E-state index contributed by atoms with van der Waals surface area (Å²) in [6, 6.07) is 0. The Morgan fingerprint density at radius 1 is 1.00 bits per heavy atom. The van der Waals surface area contributed by atoms with Crippen LogP contribution in [0.4, 0.5) is 0 Å². The molecule has 0 radical (unpaired) electrons. The molecule has 5 heteroatoms. The van der Waals surface area contributed by atoms with Gasteiger partial charge in [-0.1, -0.05) is 13.8 Å². The SMILES string of the molecule is COC(=O)CNCC1CCC2(C)C(CCC3C2CCC2(C)C3CCC23OCCO3)C1. The molecule has 170 valence electrons. The lowest BCUT2D eigenvalue weighted by atomic mass is 9.44. The maximum absolute atomic E-state index is 11.4. The van der Waals surface area contributed by atoms with Gasteiger partial charge < -0.3 is 19.5 Å². The summed E-state index contributed by atoms with van der Waals surface area (Å²) >= 11 is 0. The number of hydrogen-bond acceptors (Lipinski definition) is 5. The monoisotopic (exact) mass is 419 g/mol. The Balaban J connectivity index is 1.26. The van der Waals surface area contributed by atoms with Crippen molar-refractivity contribution < 1.29 is 19.0 Å². The fourth-order valence-electron chi connectivity index (χ4n) is 8.87. The predicted molar refractivity (Wildman–Crippen MR) is 115 cm³/mol. The lowest BCUT2D eigenvalue weighted by molar-refractivity contribution is -0.247. The molecular weight excluding hydrogens is 378 g/mol. The second-order valence-corrected chi connectivity index (χ2v) is 11.4. The molecule has 7 atom stereocenters. The molecule has 0 bridgehead atoms. The number of nitrogens with one attached hydrogen (secondary N) is 1. The fraction of sp³-hybridized carbons (Fsp3) is 0.960. The van der Waals surface area contributed by atoms with Crippen molar-refractivity contribution in [3.8, 4) is 0 Å². The zero-order valence-electron chi connectivity index (χ0n) is 19.2. The Labute approximate surface area is 182 Å². The van der Waals surface area contributed by atoms with Gasteiger partial charge in [-0.3, -0.25) is 4.79 Å². The Kier molecular flexibility index (Phi) is 5.47. The van der Waals surface area contributed by atoms with Crippen LogP contribution in [0.25, 0.3) is 0 Å². The first-order chi connectivity index (χ1) is 14.4. The summed E-state index contributed by atoms with van der Waals surface area (Å²) in [7, 11) is 1.46. The Morgan fingerprint density at radius 3 is 2.53 bits per heavy atom. The van der Waals surface area contributed by atoms with Crippen molar-refractivity contribution in [1.82, 2.24) is 5.32 Å². The molecule has 0 aromatic heterocycles. The molecule has 1 N–H and O–H groups in total. The van der Waals surface area contributed by atoms with Gasteiger partial charge in [0.1, 0.15) is 0 Å². The van der Waals surface area contributed by atoms with Crippen LogP contribution in [0, 0.1) is 40.4 Å². The molecule has 4 aliphatic carbocycles. The Bertz CT molecular complexity index is 662. The summed E-state index contributed by atoms with van der Waals surface area (Å²) in [6.07, 6.45) is 11.8. The van der Waals surface area contributed by atoms with E-state index in [1.807, 2.05) is 0 Å². The predicted octanol–water partition coefficient (Wildman–Crippen LogP) is 4.15. The van der Waals surface area contributed by atoms with Gasteiger partial charge in [0.2, 0.25) is 0 Å². The number of methoxy groups -OCH3 is 1. The van der Waals surface area contributed by atoms with E-state index in [9.17, 15) is 4.79 Å². The summed E-state index contributed by atoms with van der Waals surface area (Å²) in [6.45, 7) is 7.97. The molecule has 5 rings (SSSR count). The van der Waals surface area contributed by atoms with Gasteiger partial charge in [0.25, 0.3) is 0 Å². The molecule has 0 aromatic rings. The van der Waals surface area contributed by atoms with Gasteiger partial charge in [0.15, 0.2) is 5.79 Å². The molecule has 1 spiro atoms. The fourth-order valence-corrected chi connectivity index (χ4v) is 8.87. The highest BCUT2D eigenvalue weighted by molar-refractivity contribution is 5.71. The van der Waals surface area contributed by atoms with Crippen molar-refractivity contribution >= 4 is 5.97 Å². The summed E-state index contributed by atoms with van der Waals surface area (Å²) in [5.41, 5.74) is 0.707. The first-order valence-electron chi connectivity index (χ1n) is 12.5. The van der Waals surface area contributed by atoms with Gasteiger partial charge >= 0.3 is 5.97 Å². The van der Waals surface area contributed by atoms with Gasteiger partial charge in [-0.2, -0.15) is 0 Å². The van der Waals surface area contributed by atoms with Gasteiger partial charge in [-0.05, 0) is 92.9 Å². The normalized spacial score (nSPS) is 46.8. The number of hydrogen-bond donors (Lipinski definition) is 1. The van der Waals surface area contributed by atoms with E-state index in [4.69, 9.17) is 14.2 Å². The van der Waals surface area contributed by atoms with E-state index < -0.39 is 0 Å². The minimum atomic E-state index is -0.274. The van der Waals surface area contributed by atoms with Crippen molar-refractivity contribution in [3.63, 3.8) is 0 Å². The van der Waals surface area contributed by atoms with Crippen LogP contribution in [0.15, 0.2) is 0 Å². The largest absolute Gasteiger partial charge is 0.468 e. The molecule has 5 fully saturated rings. The van der Waals surface area contributed by atoms with Crippen molar-refractivity contribution in [3.05, 3.63) is 0 Å². The highest BCUT2D eigenvalue weighted by Gasteiger charge is 2.67. The summed E-state index contributed by atoms with van der Waals surface area (Å²) in [4.78, 5) is 11.4. The first-order valence-corrected chi connectivity index (χ1v) is 12.5. The van der Waals surface area contributed by atoms with E-state index >= 15 is 0 Å². The molecule has 0 aromatic carbocycles. The first kappa shape index (κ1) is 21.2. The van der Waals surface area contributed by atoms with Gasteiger partial charge in [0, 0.05) is 11.8 Å². The molecule has 30 heavy (non-hydrogen) atoms. The third kappa shape index (κ3) is 3.09. The van der Waals surface area contributed by atoms with Crippen LogP contribution in [0.3, 0.4) is 0 Å². The average molecular weight is 420 g/mol. The summed E-state index contributed by atoms with van der Waals surface area (Å²) in [5.74, 6) is 3.60. The van der Waals surface area contributed by atoms with Crippen molar-refractivity contribution in [2.75, 3.05) is 33.4 Å². The van der Waals surface area contributed by atoms with Crippen LogP contribution in [0.2, 0.25) is 0 Å². The van der Waals surface area contributed by atoms with Crippen molar-refractivity contribution in [2.24, 2.45) is 40.4 Å². The van der Waals surface area contributed by atoms with E-state index in [0.717, 1.165) is 49.9 Å². The quantitative estimate of drug-likeness (QED) is 0.694. The highest BCUT2D eigenvalue weighted by Crippen LogP contribution is 2.69. The number of carbonyl (C=O) groups is 1. The molecule has 1 aliphatic heterocycles. The van der Waals surface area contributed by atoms with Gasteiger partial charge in [0.05, 0.1) is 26.9 Å². The standard InChI is InChI=1S/C25H41NO4/c1-23-9-6-17(15-26-16-22(27)28-3)14-18(23)4-5-19-20(23)7-10-24(2)21(19)8-11-25(24)29-12-13-30-25/h17-21,26H,4-16H2,1-3H3. The zero-order valence-corrected chi connectivity index (χ0v) is 19.2. The van der Waals surface area contributed by atoms with Gasteiger partial charge in [-0.25, -0.2) is 0 Å². The van der Waals surface area contributed by atoms with E-state index in [0.29, 0.717) is 17.9 Å². The number of ether oxygens (including phenoxy) is 3. The van der Waals surface area contributed by atoms with E-state index in [2.05, 4.69) is 19.2 Å². The summed E-state index contributed by atoms with van der Waals surface area (Å²) < 4.78 is 17.4. The second kappa shape index (κ2) is 7.74. The maximum Gasteiger partial charge on any atom is 0.319 e. The molecule has 1 saturated heterocycles. The minimum Gasteiger partial charge on any atom is -0.468 e. The van der Waals surface area contributed by atoms with Crippen LogP contribution in [0.5, 0.6) is 0 Å². The number of carbonyl (C=O) groups excluding carboxylic acids is 1. The van der Waals surface area contributed by atoms with E-state index in [1.54, 1.807) is 0 Å². The van der Waals surface area contributed by atoms with Crippen LogP contribution >= 0.6 is 0 Å². The lowest BCUT2D eigenvalue weighted by Gasteiger charge is -2.61. The van der Waals surface area contributed by atoms with Crippen LogP contribution in [-0.2, 0) is 19.0 Å². The molecule has 7 unspecified atom stereocenters. The van der Waals surface area contributed by atoms with Crippen LogP contribution in [0.1, 0.15) is 71.6 Å². The van der Waals surface area contributed by atoms with Crippen LogP contribution in [-0.4, -0.2) is 45.2 Å². The number of rotatable bonds is 4. The van der Waals surface area contributed by atoms with E-state index in [-0.39, 0.29) is 17.2 Å². The number of esters is 1. The maximum atomic E-state index is 11.4. The smallest absolute Gasteiger partial charge is 0.319 e. The second-order valence-electron chi connectivity index (χ2n) is 11.4. The minimum absolute atomic E-state index is 0.161. The summed E-state index contributed by atoms with van der Waals surface area (Å²) in [5, 5.41) is 3.33.